The van der Waals surface area contributed by atoms with Gasteiger partial charge < -0.3 is 4.55 Å². The molecule has 3 aromatic rings. The van der Waals surface area contributed by atoms with Crippen LogP contribution in [0.2, 0.25) is 0 Å². The second kappa shape index (κ2) is 20.3. The van der Waals surface area contributed by atoms with Crippen LogP contribution in [0.3, 0.4) is 0 Å². The highest BCUT2D eigenvalue weighted by atomic mass is 32.2. The summed E-state index contributed by atoms with van der Waals surface area (Å²) in [7, 11) is -19.9. The quantitative estimate of drug-likeness (QED) is 0.0496. The number of rotatable bonds is 17. The molecule has 5 rings (SSSR count). The molecule has 3 aromatic carbocycles. The summed E-state index contributed by atoms with van der Waals surface area (Å²) in [5.41, 5.74) is 0.143. The number of hydrogen-bond donors (Lipinski definition) is 5. The number of unbranched alkanes of at least 4 members (excludes halogenated alkanes) is 9. The third-order valence-corrected chi connectivity index (χ3v) is 16.0. The molecule has 0 heterocycles. The van der Waals surface area contributed by atoms with E-state index in [2.05, 4.69) is 20.8 Å². The van der Waals surface area contributed by atoms with E-state index < -0.39 is 71.7 Å². The molecule has 0 aliphatic heterocycles. The second-order valence-electron chi connectivity index (χ2n) is 15.3. The van der Waals surface area contributed by atoms with Crippen LogP contribution in [-0.4, -0.2) is 72.2 Å². The van der Waals surface area contributed by atoms with Gasteiger partial charge in [0, 0.05) is 17.2 Å². The van der Waals surface area contributed by atoms with Gasteiger partial charge in [-0.2, -0.15) is 33.7 Å². The fourth-order valence-corrected chi connectivity index (χ4v) is 13.3. The van der Waals surface area contributed by atoms with E-state index in [1.165, 1.54) is 75.6 Å². The first-order chi connectivity index (χ1) is 26.8. The van der Waals surface area contributed by atoms with Gasteiger partial charge in [-0.15, -0.1) is 0 Å². The predicted molar refractivity (Wildman–Crippen MR) is 219 cm³/mol. The van der Waals surface area contributed by atoms with Crippen LogP contribution in [0.5, 0.6) is 0 Å². The Morgan fingerprint density at radius 2 is 1.17 bits per heavy atom. The van der Waals surface area contributed by atoms with Crippen molar-refractivity contribution in [1.82, 2.24) is 0 Å². The van der Waals surface area contributed by atoms with Crippen molar-refractivity contribution >= 4 is 68.1 Å². The van der Waals surface area contributed by atoms with Crippen molar-refractivity contribution in [2.24, 2.45) is 16.7 Å². The first-order valence-electron chi connectivity index (χ1n) is 18.9. The molecule has 2 saturated carbocycles. The zero-order chi connectivity index (χ0) is 43.7. The Hall–Kier alpha value is -2.66. The van der Waals surface area contributed by atoms with Gasteiger partial charge in [0.05, 0.1) is 10.6 Å². The van der Waals surface area contributed by atoms with E-state index in [9.17, 15) is 51.8 Å². The topological polar surface area (TPSA) is 272 Å². The molecule has 2 fully saturated rings. The molecule has 2 aliphatic carbocycles. The van der Waals surface area contributed by atoms with Crippen molar-refractivity contribution in [3.63, 3.8) is 0 Å². The number of benzene rings is 3. The predicted octanol–water partition coefficient (Wildman–Crippen LogP) is 7.58. The van der Waals surface area contributed by atoms with Gasteiger partial charge in [0.2, 0.25) is 0 Å². The second-order valence-corrected chi connectivity index (χ2v) is 21.8. The van der Waals surface area contributed by atoms with Crippen LogP contribution in [0.4, 0.5) is 0 Å². The number of hydrogen-bond acceptors (Lipinski definition) is 10. The van der Waals surface area contributed by atoms with Crippen molar-refractivity contribution in [3.8, 4) is 0 Å². The standard InChI is InChI=1S/C18H30O3S.C10H8O9S3.C10H16O3S/c1-2-3-4-5-6-7-8-9-10-11-14-17-15-12-13-16-18(17)22(19,20)21;11-20(12,13)8-5-6-3-1-2-4-7(6)9(21(14,15)16)10(8)22(17,18)19;1-9(2)7-3-4-10(9,6-14(12)13)8(11)5-7/h12-13,15-16H,2-11,14H2,1H3,(H,19,20,21);1-5H,(H,11,12,13)(H,14,15,16)(H,17,18,19);7H,3-6H2,1-2H3,(H,12,13). The number of aryl methyl sites for hydroxylation is 1. The Labute approximate surface area is 344 Å². The summed E-state index contributed by atoms with van der Waals surface area (Å²) in [4.78, 5) is 7.62. The van der Waals surface area contributed by atoms with Crippen LogP contribution >= 0.6 is 0 Å². The van der Waals surface area contributed by atoms with Crippen LogP contribution in [0.1, 0.15) is 110 Å². The summed E-state index contributed by atoms with van der Waals surface area (Å²) >= 11 is -1.86. The van der Waals surface area contributed by atoms with Gasteiger partial charge in [0.1, 0.15) is 20.5 Å². The number of ketones is 1. The highest BCUT2D eigenvalue weighted by Crippen LogP contribution is 2.64. The van der Waals surface area contributed by atoms with Crippen molar-refractivity contribution in [2.45, 2.75) is 130 Å². The van der Waals surface area contributed by atoms with Crippen LogP contribution in [-0.2, 0) is 62.8 Å². The van der Waals surface area contributed by atoms with E-state index in [-0.39, 0.29) is 32.6 Å². The normalized spacial score (nSPS) is 19.6. The Morgan fingerprint density at radius 1 is 0.672 bits per heavy atom. The van der Waals surface area contributed by atoms with Gasteiger partial charge in [0.25, 0.3) is 40.5 Å². The monoisotopic (exact) mass is 910 g/mol. The average Bonchev–Trinajstić information content (AvgIpc) is 3.45. The van der Waals surface area contributed by atoms with Crippen molar-refractivity contribution < 1.29 is 65.4 Å². The summed E-state index contributed by atoms with van der Waals surface area (Å²) in [6.07, 6.45) is 15.8. The van der Waals surface area contributed by atoms with Crippen molar-refractivity contribution in [2.75, 3.05) is 5.75 Å². The molecule has 3 unspecified atom stereocenters. The molecule has 326 valence electrons. The molecule has 58 heavy (non-hydrogen) atoms. The fourth-order valence-electron chi connectivity index (χ4n) is 8.05. The van der Waals surface area contributed by atoms with Crippen molar-refractivity contribution in [1.29, 1.82) is 0 Å². The zero-order valence-corrected chi connectivity index (χ0v) is 36.8. The summed E-state index contributed by atoms with van der Waals surface area (Å²) in [5, 5.41) is -0.430. The summed E-state index contributed by atoms with van der Waals surface area (Å²) in [6, 6.07) is 12.4. The number of fused-ring (bicyclic) bond motifs is 3. The van der Waals surface area contributed by atoms with Gasteiger partial charge in [-0.25, -0.2) is 4.21 Å². The Kier molecular flexibility index (Phi) is 17.4. The average molecular weight is 911 g/mol. The lowest BCUT2D eigenvalue weighted by Crippen LogP contribution is -2.40. The first-order valence-corrected chi connectivity index (χ1v) is 26.0. The van der Waals surface area contributed by atoms with E-state index in [4.69, 9.17) is 13.7 Å². The van der Waals surface area contributed by atoms with Crippen LogP contribution in [0, 0.1) is 16.7 Å². The highest BCUT2D eigenvalue weighted by molar-refractivity contribution is 7.90. The van der Waals surface area contributed by atoms with Gasteiger partial charge in [-0.05, 0) is 60.1 Å². The molecule has 0 amide bonds. The van der Waals surface area contributed by atoms with Gasteiger partial charge in [-0.3, -0.25) is 23.0 Å². The molecule has 5 N–H and O–H groups in total. The number of Topliss-reactive ketones (excluding diaryl/α,β-unsaturated/α-hetero) is 1. The maximum absolute atomic E-state index is 11.9. The lowest BCUT2D eigenvalue weighted by atomic mass is 9.70. The third-order valence-electron chi connectivity index (χ3n) is 11.3. The lowest BCUT2D eigenvalue weighted by Gasteiger charge is -2.35. The number of carbonyl (C=O) groups is 1. The molecule has 2 bridgehead atoms. The maximum atomic E-state index is 11.9. The molecule has 3 atom stereocenters. The van der Waals surface area contributed by atoms with E-state index in [1.54, 1.807) is 12.1 Å². The SMILES string of the molecule is CC1(C)C2CCC1(CS(=O)O)C(=O)C2.CCCCCCCCCCCCc1ccccc1S(=O)(=O)O.O=S(=O)(O)c1cc2ccccc2c(S(=O)(=O)O)c1S(=O)(=O)O. The molecular formula is C38H54O15S5. The van der Waals surface area contributed by atoms with Crippen LogP contribution < -0.4 is 0 Å². The van der Waals surface area contributed by atoms with Crippen LogP contribution in [0.15, 0.2) is 74.2 Å². The summed E-state index contributed by atoms with van der Waals surface area (Å²) in [5.74, 6) is 0.773. The molecule has 0 saturated heterocycles. The third kappa shape index (κ3) is 12.7. The molecule has 0 aromatic heterocycles. The lowest BCUT2D eigenvalue weighted by molar-refractivity contribution is -0.128. The van der Waals surface area contributed by atoms with E-state index >= 15 is 0 Å². The molecule has 20 heteroatoms. The Morgan fingerprint density at radius 3 is 1.64 bits per heavy atom. The first kappa shape index (κ1) is 49.7. The van der Waals surface area contributed by atoms with Crippen molar-refractivity contribution in [3.05, 3.63) is 60.2 Å². The summed E-state index contributed by atoms with van der Waals surface area (Å²) in [6.45, 7) is 6.38. The minimum Gasteiger partial charge on any atom is -0.306 e. The Balaban J connectivity index is 0.000000239. The van der Waals surface area contributed by atoms with Gasteiger partial charge >= 0.3 is 0 Å². The van der Waals surface area contributed by atoms with Crippen LogP contribution in [0.25, 0.3) is 10.8 Å². The highest BCUT2D eigenvalue weighted by Gasteiger charge is 2.64. The van der Waals surface area contributed by atoms with Gasteiger partial charge in [-0.1, -0.05) is 121 Å². The number of carbonyl (C=O) groups excluding carboxylic acids is 1. The van der Waals surface area contributed by atoms with E-state index in [0.29, 0.717) is 24.8 Å². The largest absolute Gasteiger partial charge is 0.306 e. The minimum atomic E-state index is -5.40. The minimum absolute atomic E-state index is 0.0610. The van der Waals surface area contributed by atoms with Gasteiger partial charge in [0.15, 0.2) is 11.1 Å². The molecular weight excluding hydrogens is 857 g/mol. The zero-order valence-electron chi connectivity index (χ0n) is 32.7. The molecule has 0 spiro atoms. The smallest absolute Gasteiger partial charge is 0.297 e. The maximum Gasteiger partial charge on any atom is 0.297 e. The molecule has 15 nitrogen and oxygen atoms in total. The summed E-state index contributed by atoms with van der Waals surface area (Å²) < 4.78 is 148. The molecule has 0 radical (unpaired) electrons. The Bertz CT molecular complexity index is 2390. The van der Waals surface area contributed by atoms with E-state index in [0.717, 1.165) is 37.3 Å². The molecule has 2 aliphatic rings. The van der Waals surface area contributed by atoms with E-state index in [1.807, 2.05) is 6.07 Å². The fraction of sp³-hybridized carbons (Fsp3) is 0.553.